The summed E-state index contributed by atoms with van der Waals surface area (Å²) in [6, 6.07) is 11.8. The summed E-state index contributed by atoms with van der Waals surface area (Å²) in [6.45, 7) is 8.44. The quantitative estimate of drug-likeness (QED) is 0.720. The summed E-state index contributed by atoms with van der Waals surface area (Å²) in [7, 11) is -3.62. The Morgan fingerprint density at radius 3 is 2.31 bits per heavy atom. The van der Waals surface area contributed by atoms with E-state index in [2.05, 4.69) is 10.6 Å². The summed E-state index contributed by atoms with van der Waals surface area (Å²) >= 11 is 0. The van der Waals surface area contributed by atoms with Crippen LogP contribution in [0.15, 0.2) is 47.4 Å². The summed E-state index contributed by atoms with van der Waals surface area (Å²) in [5, 5.41) is 5.45. The zero-order valence-electron chi connectivity index (χ0n) is 18.9. The number of nitrogens with one attached hydrogen (secondary N) is 2. The van der Waals surface area contributed by atoms with E-state index in [0.717, 1.165) is 5.56 Å². The van der Waals surface area contributed by atoms with Crippen molar-refractivity contribution >= 4 is 27.6 Å². The lowest BCUT2D eigenvalue weighted by Gasteiger charge is -2.34. The maximum absolute atomic E-state index is 13.1. The van der Waals surface area contributed by atoms with Crippen molar-refractivity contribution in [3.05, 3.63) is 59.2 Å². The van der Waals surface area contributed by atoms with E-state index in [0.29, 0.717) is 34.8 Å². The molecule has 1 fully saturated rings. The highest BCUT2D eigenvalue weighted by Gasteiger charge is 2.31. The Bertz CT molecular complexity index is 1110. The molecule has 0 aliphatic carbocycles. The Morgan fingerprint density at radius 1 is 0.969 bits per heavy atom. The van der Waals surface area contributed by atoms with E-state index in [1.54, 1.807) is 42.2 Å². The maximum Gasteiger partial charge on any atom is 0.319 e. The molecule has 0 saturated carbocycles. The normalized spacial score (nSPS) is 15.0. The molecule has 2 aromatic carbocycles. The van der Waals surface area contributed by atoms with Gasteiger partial charge >= 0.3 is 6.03 Å². The second kappa shape index (κ2) is 9.70. The van der Waals surface area contributed by atoms with Gasteiger partial charge in [0, 0.05) is 43.5 Å². The number of benzene rings is 2. The number of nitrogens with zero attached hydrogens (tertiary/aromatic N) is 2. The fourth-order valence-electron chi connectivity index (χ4n) is 3.60. The summed E-state index contributed by atoms with van der Waals surface area (Å²) in [5.41, 5.74) is 2.56. The monoisotopic (exact) mass is 458 g/mol. The lowest BCUT2D eigenvalue weighted by Crippen LogP contribution is -2.50. The fraction of sp³-hybridized carbons (Fsp3) is 0.391. The average molecular weight is 459 g/mol. The van der Waals surface area contributed by atoms with Gasteiger partial charge in [0.05, 0.1) is 4.90 Å². The number of rotatable bonds is 5. The number of anilines is 1. The number of urea groups is 1. The van der Waals surface area contributed by atoms with E-state index >= 15 is 0 Å². The maximum atomic E-state index is 13.1. The fourth-order valence-corrected chi connectivity index (χ4v) is 5.33. The molecule has 9 heteroatoms. The number of hydrogen-bond acceptors (Lipinski definition) is 4. The van der Waals surface area contributed by atoms with Gasteiger partial charge in [0.2, 0.25) is 10.0 Å². The SMILES string of the molecule is Cc1ccc(C)c(S(=O)(=O)N2CCN(C(=O)c3cccc(NC(=O)NC(C)C)c3)CC2)c1. The summed E-state index contributed by atoms with van der Waals surface area (Å²) in [4.78, 5) is 26.8. The number of carbonyl (C=O) groups is 2. The number of aryl methyl sites for hydroxylation is 2. The molecule has 3 amide bonds. The predicted molar refractivity (Wildman–Crippen MR) is 124 cm³/mol. The van der Waals surface area contributed by atoms with Crippen LogP contribution < -0.4 is 10.6 Å². The molecule has 32 heavy (non-hydrogen) atoms. The van der Waals surface area contributed by atoms with E-state index < -0.39 is 10.0 Å². The molecule has 1 saturated heterocycles. The van der Waals surface area contributed by atoms with Gasteiger partial charge in [-0.1, -0.05) is 18.2 Å². The Balaban J connectivity index is 1.66. The van der Waals surface area contributed by atoms with Gasteiger partial charge in [-0.25, -0.2) is 13.2 Å². The average Bonchev–Trinajstić information content (AvgIpc) is 2.74. The third-order valence-corrected chi connectivity index (χ3v) is 7.32. The summed E-state index contributed by atoms with van der Waals surface area (Å²) in [5.74, 6) is -0.193. The lowest BCUT2D eigenvalue weighted by atomic mass is 10.1. The molecule has 0 unspecified atom stereocenters. The molecule has 0 spiro atoms. The molecule has 2 aromatic rings. The van der Waals surface area contributed by atoms with Gasteiger partial charge in [0.25, 0.3) is 5.91 Å². The summed E-state index contributed by atoms with van der Waals surface area (Å²) < 4.78 is 27.7. The first-order valence-electron chi connectivity index (χ1n) is 10.6. The number of sulfonamides is 1. The topological polar surface area (TPSA) is 98.8 Å². The van der Waals surface area contributed by atoms with E-state index in [4.69, 9.17) is 0 Å². The molecule has 0 bridgehead atoms. The van der Waals surface area contributed by atoms with Crippen LogP contribution in [0.3, 0.4) is 0 Å². The van der Waals surface area contributed by atoms with E-state index in [1.165, 1.54) is 4.31 Å². The van der Waals surface area contributed by atoms with Gasteiger partial charge < -0.3 is 15.5 Å². The standard InChI is InChI=1S/C23H30N4O4S/c1-16(2)24-23(29)25-20-7-5-6-19(15-20)22(28)26-10-12-27(13-11-26)32(30,31)21-14-17(3)8-9-18(21)4/h5-9,14-16H,10-13H2,1-4H3,(H2,24,25,29). The van der Waals surface area contributed by atoms with Gasteiger partial charge in [-0.2, -0.15) is 4.31 Å². The van der Waals surface area contributed by atoms with E-state index in [-0.39, 0.29) is 31.1 Å². The van der Waals surface area contributed by atoms with Gasteiger partial charge in [-0.05, 0) is 63.1 Å². The van der Waals surface area contributed by atoms with Crippen molar-refractivity contribution in [1.29, 1.82) is 0 Å². The van der Waals surface area contributed by atoms with Gasteiger partial charge in [-0.15, -0.1) is 0 Å². The minimum absolute atomic E-state index is 0.00372. The van der Waals surface area contributed by atoms with Crippen molar-refractivity contribution in [3.8, 4) is 0 Å². The highest BCUT2D eigenvalue weighted by atomic mass is 32.2. The molecule has 1 heterocycles. The van der Waals surface area contributed by atoms with Crippen molar-refractivity contribution < 1.29 is 18.0 Å². The van der Waals surface area contributed by atoms with Crippen LogP contribution in [-0.4, -0.2) is 61.8 Å². The zero-order chi connectivity index (χ0) is 23.5. The van der Waals surface area contributed by atoms with Crippen molar-refractivity contribution in [3.63, 3.8) is 0 Å². The van der Waals surface area contributed by atoms with Crippen molar-refractivity contribution in [1.82, 2.24) is 14.5 Å². The second-order valence-corrected chi connectivity index (χ2v) is 10.2. The minimum Gasteiger partial charge on any atom is -0.336 e. The predicted octanol–water partition coefficient (Wildman–Crippen LogP) is 2.98. The van der Waals surface area contributed by atoms with Crippen molar-refractivity contribution in [2.75, 3.05) is 31.5 Å². The number of piperazine rings is 1. The lowest BCUT2D eigenvalue weighted by molar-refractivity contribution is 0.0698. The van der Waals surface area contributed by atoms with Crippen LogP contribution in [0.25, 0.3) is 0 Å². The first-order valence-corrected chi connectivity index (χ1v) is 12.1. The highest BCUT2D eigenvalue weighted by Crippen LogP contribution is 2.23. The van der Waals surface area contributed by atoms with Crippen LogP contribution in [0.5, 0.6) is 0 Å². The zero-order valence-corrected chi connectivity index (χ0v) is 19.7. The molecule has 0 atom stereocenters. The van der Waals surface area contributed by atoms with Crippen LogP contribution in [0.2, 0.25) is 0 Å². The molecule has 2 N–H and O–H groups in total. The number of hydrogen-bond donors (Lipinski definition) is 2. The Labute approximate surface area is 189 Å². The van der Waals surface area contributed by atoms with E-state index in [1.807, 2.05) is 32.9 Å². The molecule has 0 aromatic heterocycles. The minimum atomic E-state index is -3.62. The van der Waals surface area contributed by atoms with Crippen LogP contribution >= 0.6 is 0 Å². The first kappa shape index (κ1) is 23.7. The van der Waals surface area contributed by atoms with Crippen LogP contribution in [-0.2, 0) is 10.0 Å². The molecule has 0 radical (unpaired) electrons. The Morgan fingerprint density at radius 2 is 1.66 bits per heavy atom. The largest absolute Gasteiger partial charge is 0.336 e. The third-order valence-electron chi connectivity index (χ3n) is 5.27. The summed E-state index contributed by atoms with van der Waals surface area (Å²) in [6.07, 6.45) is 0. The molecule has 8 nitrogen and oxygen atoms in total. The molecule has 172 valence electrons. The van der Waals surface area contributed by atoms with Crippen LogP contribution in [0.1, 0.15) is 35.3 Å². The molecule has 3 rings (SSSR count). The van der Waals surface area contributed by atoms with Crippen LogP contribution in [0.4, 0.5) is 10.5 Å². The molecular formula is C23H30N4O4S. The highest BCUT2D eigenvalue weighted by molar-refractivity contribution is 7.89. The Kier molecular flexibility index (Phi) is 7.20. The van der Waals surface area contributed by atoms with Crippen molar-refractivity contribution in [2.45, 2.75) is 38.6 Å². The molecular weight excluding hydrogens is 428 g/mol. The van der Waals surface area contributed by atoms with Crippen molar-refractivity contribution in [2.24, 2.45) is 0 Å². The van der Waals surface area contributed by atoms with Gasteiger partial charge in [-0.3, -0.25) is 4.79 Å². The van der Waals surface area contributed by atoms with Gasteiger partial charge in [0.1, 0.15) is 0 Å². The molecule has 1 aliphatic rings. The Hall–Kier alpha value is -2.91. The number of carbonyl (C=O) groups excluding carboxylic acids is 2. The second-order valence-electron chi connectivity index (χ2n) is 8.30. The van der Waals surface area contributed by atoms with Gasteiger partial charge in [0.15, 0.2) is 0 Å². The van der Waals surface area contributed by atoms with Crippen LogP contribution in [0, 0.1) is 13.8 Å². The van der Waals surface area contributed by atoms with E-state index in [9.17, 15) is 18.0 Å². The third kappa shape index (κ3) is 5.46. The smallest absolute Gasteiger partial charge is 0.319 e. The molecule has 1 aliphatic heterocycles. The number of amides is 3. The first-order chi connectivity index (χ1) is 15.1.